The number of amides is 2. The lowest BCUT2D eigenvalue weighted by Crippen LogP contribution is -2.56. The molecule has 2 atom stereocenters. The van der Waals surface area contributed by atoms with Crippen LogP contribution in [0, 0.1) is 5.41 Å². The summed E-state index contributed by atoms with van der Waals surface area (Å²) in [7, 11) is 3.46. The highest BCUT2D eigenvalue weighted by atomic mass is 32.2. The van der Waals surface area contributed by atoms with Gasteiger partial charge in [-0.1, -0.05) is 27.7 Å². The highest BCUT2D eigenvalue weighted by molar-refractivity contribution is 7.99. The molecule has 0 spiro atoms. The second-order valence-corrected chi connectivity index (χ2v) is 8.19. The van der Waals surface area contributed by atoms with Crippen molar-refractivity contribution < 1.29 is 19.5 Å². The number of hydrogen-bond donors (Lipinski definition) is 3. The van der Waals surface area contributed by atoms with E-state index in [1.54, 1.807) is 51.5 Å². The number of likely N-dealkylation sites (N-methyl/N-ethyl adjacent to an activating group) is 1. The fourth-order valence-electron chi connectivity index (χ4n) is 1.93. The van der Waals surface area contributed by atoms with Gasteiger partial charge in [0.15, 0.2) is 5.78 Å². The van der Waals surface area contributed by atoms with E-state index in [0.29, 0.717) is 5.75 Å². The zero-order valence-corrected chi connectivity index (χ0v) is 16.3. The smallest absolute Gasteiger partial charge is 0.245 e. The topological polar surface area (TPSA) is 98.7 Å². The molecule has 0 radical (unpaired) electrons. The number of carbonyl (C=O) groups excluding carboxylic acids is 3. The van der Waals surface area contributed by atoms with Crippen molar-refractivity contribution in [1.29, 1.82) is 0 Å². The van der Waals surface area contributed by atoms with Gasteiger partial charge in [0.2, 0.25) is 11.8 Å². The standard InChI is InChI=1S/C16H31N3O4S/c1-7-24-10-12(14(22)16(2,3)4)18-15(23)11(9-20)17-13(21)8-19(5)6/h11-12,20H,7-10H2,1-6H3,(H,17,21)(H,18,23)/t11-,12-/m0/s1. The molecule has 0 saturated carbocycles. The zero-order valence-electron chi connectivity index (χ0n) is 15.5. The summed E-state index contributed by atoms with van der Waals surface area (Å²) in [5, 5.41) is 14.5. The van der Waals surface area contributed by atoms with Crippen LogP contribution in [0.25, 0.3) is 0 Å². The first kappa shape index (κ1) is 22.9. The Hall–Kier alpha value is -1.12. The van der Waals surface area contributed by atoms with Crippen LogP contribution < -0.4 is 10.6 Å². The van der Waals surface area contributed by atoms with Gasteiger partial charge in [-0.3, -0.25) is 14.4 Å². The van der Waals surface area contributed by atoms with Crippen molar-refractivity contribution >= 4 is 29.4 Å². The fourth-order valence-corrected chi connectivity index (χ4v) is 2.64. The highest BCUT2D eigenvalue weighted by Crippen LogP contribution is 2.19. The Morgan fingerprint density at radius 1 is 1.12 bits per heavy atom. The number of nitrogens with one attached hydrogen (secondary N) is 2. The number of nitrogens with zero attached hydrogens (tertiary/aromatic N) is 1. The number of aliphatic hydroxyl groups is 1. The first-order valence-corrected chi connectivity index (χ1v) is 9.15. The van der Waals surface area contributed by atoms with Crippen LogP contribution in [0.1, 0.15) is 27.7 Å². The maximum atomic E-state index is 12.5. The first-order chi connectivity index (χ1) is 11.0. The van der Waals surface area contributed by atoms with E-state index in [0.717, 1.165) is 5.75 Å². The predicted molar refractivity (Wildman–Crippen MR) is 97.0 cm³/mol. The largest absolute Gasteiger partial charge is 0.394 e. The highest BCUT2D eigenvalue weighted by Gasteiger charge is 2.32. The first-order valence-electron chi connectivity index (χ1n) is 8.00. The van der Waals surface area contributed by atoms with Crippen molar-refractivity contribution in [1.82, 2.24) is 15.5 Å². The predicted octanol–water partition coefficient (Wildman–Crippen LogP) is -0.122. The van der Waals surface area contributed by atoms with Gasteiger partial charge in [0.25, 0.3) is 0 Å². The summed E-state index contributed by atoms with van der Waals surface area (Å²) in [6.07, 6.45) is 0. The molecule has 24 heavy (non-hydrogen) atoms. The number of Topliss-reactive ketones (excluding diaryl/α,β-unsaturated/α-hetero) is 1. The summed E-state index contributed by atoms with van der Waals surface area (Å²) in [5.41, 5.74) is -0.588. The molecule has 2 amide bonds. The minimum Gasteiger partial charge on any atom is -0.394 e. The normalized spacial score (nSPS) is 14.2. The Morgan fingerprint density at radius 3 is 2.12 bits per heavy atom. The van der Waals surface area contributed by atoms with Crippen LogP contribution in [-0.2, 0) is 14.4 Å². The number of rotatable bonds is 10. The molecule has 0 aliphatic rings. The molecule has 0 aromatic carbocycles. The molecule has 8 heteroatoms. The van der Waals surface area contributed by atoms with E-state index >= 15 is 0 Å². The van der Waals surface area contributed by atoms with Gasteiger partial charge >= 0.3 is 0 Å². The summed E-state index contributed by atoms with van der Waals surface area (Å²) in [4.78, 5) is 38.3. The Kier molecular flexibility index (Phi) is 10.2. The fraction of sp³-hybridized carbons (Fsp3) is 0.812. The van der Waals surface area contributed by atoms with Crippen LogP contribution in [-0.4, -0.2) is 78.4 Å². The Morgan fingerprint density at radius 2 is 1.71 bits per heavy atom. The van der Waals surface area contributed by atoms with Gasteiger partial charge in [-0.25, -0.2) is 0 Å². The number of aliphatic hydroxyl groups excluding tert-OH is 1. The van der Waals surface area contributed by atoms with E-state index < -0.39 is 30.0 Å². The van der Waals surface area contributed by atoms with Crippen LogP contribution in [0.15, 0.2) is 0 Å². The molecule has 140 valence electrons. The molecule has 0 heterocycles. The van der Waals surface area contributed by atoms with Crippen LogP contribution in [0.2, 0.25) is 0 Å². The molecule has 0 saturated heterocycles. The summed E-state index contributed by atoms with van der Waals surface area (Å²) in [6.45, 7) is 6.96. The van der Waals surface area contributed by atoms with Gasteiger partial charge in [0, 0.05) is 11.2 Å². The summed E-state index contributed by atoms with van der Waals surface area (Å²) >= 11 is 1.55. The molecule has 0 unspecified atom stereocenters. The van der Waals surface area contributed by atoms with Crippen molar-refractivity contribution in [3.8, 4) is 0 Å². The van der Waals surface area contributed by atoms with Gasteiger partial charge in [-0.15, -0.1) is 0 Å². The van der Waals surface area contributed by atoms with Crippen molar-refractivity contribution in [2.24, 2.45) is 5.41 Å². The SMILES string of the molecule is CCSC[C@H](NC(=O)[C@H](CO)NC(=O)CN(C)C)C(=O)C(C)(C)C. The van der Waals surface area contributed by atoms with Gasteiger partial charge < -0.3 is 20.6 Å². The molecular weight excluding hydrogens is 330 g/mol. The van der Waals surface area contributed by atoms with E-state index in [1.807, 2.05) is 6.92 Å². The van der Waals surface area contributed by atoms with Crippen molar-refractivity contribution in [3.63, 3.8) is 0 Å². The molecular formula is C16H31N3O4S. The minimum absolute atomic E-state index is 0.0758. The van der Waals surface area contributed by atoms with Gasteiger partial charge in [0.1, 0.15) is 6.04 Å². The van der Waals surface area contributed by atoms with E-state index in [1.165, 1.54) is 0 Å². The van der Waals surface area contributed by atoms with E-state index in [9.17, 15) is 19.5 Å². The van der Waals surface area contributed by atoms with Gasteiger partial charge in [0.05, 0.1) is 19.2 Å². The summed E-state index contributed by atoms with van der Waals surface area (Å²) in [5.74, 6) is 0.294. The van der Waals surface area contributed by atoms with Gasteiger partial charge in [-0.05, 0) is 19.8 Å². The Balaban J connectivity index is 4.93. The minimum atomic E-state index is -1.07. The molecule has 0 aromatic rings. The Labute approximate surface area is 148 Å². The number of hydrogen-bond acceptors (Lipinski definition) is 6. The third-order valence-corrected chi connectivity index (χ3v) is 4.13. The van der Waals surface area contributed by atoms with Crippen LogP contribution in [0.5, 0.6) is 0 Å². The number of thioether (sulfide) groups is 1. The molecule has 0 rings (SSSR count). The van der Waals surface area contributed by atoms with Gasteiger partial charge in [-0.2, -0.15) is 11.8 Å². The van der Waals surface area contributed by atoms with Crippen LogP contribution >= 0.6 is 11.8 Å². The maximum Gasteiger partial charge on any atom is 0.245 e. The summed E-state index contributed by atoms with van der Waals surface area (Å²) < 4.78 is 0. The molecule has 0 aliphatic heterocycles. The average molecular weight is 362 g/mol. The van der Waals surface area contributed by atoms with Crippen molar-refractivity contribution in [2.45, 2.75) is 39.8 Å². The Bertz CT molecular complexity index is 436. The van der Waals surface area contributed by atoms with E-state index in [-0.39, 0.29) is 18.2 Å². The second kappa shape index (κ2) is 10.7. The lowest BCUT2D eigenvalue weighted by atomic mass is 9.87. The third-order valence-electron chi connectivity index (χ3n) is 3.15. The van der Waals surface area contributed by atoms with Crippen molar-refractivity contribution in [2.75, 3.05) is 38.8 Å². The second-order valence-electron chi connectivity index (χ2n) is 6.88. The number of carbonyl (C=O) groups is 3. The van der Waals surface area contributed by atoms with E-state index in [4.69, 9.17) is 0 Å². The van der Waals surface area contributed by atoms with Crippen LogP contribution in [0.4, 0.5) is 0 Å². The lowest BCUT2D eigenvalue weighted by molar-refractivity contribution is -0.134. The van der Waals surface area contributed by atoms with Crippen molar-refractivity contribution in [3.05, 3.63) is 0 Å². The molecule has 0 aromatic heterocycles. The molecule has 7 nitrogen and oxygen atoms in total. The monoisotopic (exact) mass is 361 g/mol. The molecule has 3 N–H and O–H groups in total. The third kappa shape index (κ3) is 8.65. The molecule has 0 aliphatic carbocycles. The lowest BCUT2D eigenvalue weighted by Gasteiger charge is -2.27. The van der Waals surface area contributed by atoms with Crippen LogP contribution in [0.3, 0.4) is 0 Å². The molecule has 0 fully saturated rings. The quantitative estimate of drug-likeness (QED) is 0.502. The summed E-state index contributed by atoms with van der Waals surface area (Å²) in [6, 6.07) is -1.72. The maximum absolute atomic E-state index is 12.5. The zero-order chi connectivity index (χ0) is 18.9. The van der Waals surface area contributed by atoms with E-state index in [2.05, 4.69) is 10.6 Å². The number of ketones is 1. The molecule has 0 bridgehead atoms. The average Bonchev–Trinajstić information content (AvgIpc) is 2.46.